The topological polar surface area (TPSA) is 88.4 Å². The number of methoxy groups -OCH3 is 1. The Morgan fingerprint density at radius 3 is 2.50 bits per heavy atom. The molecule has 146 valence electrons. The average molecular weight is 417 g/mol. The highest BCUT2D eigenvalue weighted by Gasteiger charge is 2.26. The van der Waals surface area contributed by atoms with Gasteiger partial charge in [-0.3, -0.25) is 0 Å². The summed E-state index contributed by atoms with van der Waals surface area (Å²) in [6.45, 7) is 3.89. The number of rotatable bonds is 7. The number of nitrogens with zero attached hydrogens (tertiary/aromatic N) is 1. The van der Waals surface area contributed by atoms with Gasteiger partial charge in [-0.25, -0.2) is 9.59 Å². The number of hydrogen-bond acceptors (Lipinski definition) is 8. The van der Waals surface area contributed by atoms with Crippen LogP contribution in [0.25, 0.3) is 11.1 Å². The molecule has 6 nitrogen and oxygen atoms in total. The lowest BCUT2D eigenvalue weighted by molar-refractivity contribution is -0.135. The molecule has 0 amide bonds. The molecule has 1 aromatic carbocycles. The molecule has 0 atom stereocenters. The third kappa shape index (κ3) is 4.55. The summed E-state index contributed by atoms with van der Waals surface area (Å²) < 4.78 is 9.94. The fourth-order valence-corrected chi connectivity index (χ4v) is 4.26. The van der Waals surface area contributed by atoms with Crippen LogP contribution in [0.1, 0.15) is 22.2 Å². The second-order valence-corrected chi connectivity index (χ2v) is 7.50. The van der Waals surface area contributed by atoms with Gasteiger partial charge < -0.3 is 14.8 Å². The number of thiophene rings is 1. The molecule has 0 aliphatic carbocycles. The number of nitriles is 1. The molecular weight excluding hydrogens is 396 g/mol. The number of benzene rings is 1. The van der Waals surface area contributed by atoms with Gasteiger partial charge in [-0.05, 0) is 25.7 Å². The van der Waals surface area contributed by atoms with E-state index in [1.165, 1.54) is 30.2 Å². The van der Waals surface area contributed by atoms with Crippen molar-refractivity contribution in [2.45, 2.75) is 13.8 Å². The summed E-state index contributed by atoms with van der Waals surface area (Å²) in [5.74, 6) is -1.21. The Kier molecular flexibility index (Phi) is 7.67. The molecule has 8 heteroatoms. The molecule has 0 saturated carbocycles. The SMILES string of the molecule is CCOC(=O)c1c(N/C(SC)=C(/C#N)C(=O)OC)sc(C)c1-c1ccccc1. The summed E-state index contributed by atoms with van der Waals surface area (Å²) >= 11 is 2.55. The first-order valence-corrected chi connectivity index (χ1v) is 10.4. The van der Waals surface area contributed by atoms with Crippen molar-refractivity contribution in [3.8, 4) is 17.2 Å². The van der Waals surface area contributed by atoms with Crippen molar-refractivity contribution in [2.75, 3.05) is 25.3 Å². The van der Waals surface area contributed by atoms with Gasteiger partial charge in [0.25, 0.3) is 0 Å². The summed E-state index contributed by atoms with van der Waals surface area (Å²) in [6, 6.07) is 11.4. The maximum atomic E-state index is 12.7. The van der Waals surface area contributed by atoms with Gasteiger partial charge in [0.15, 0.2) is 5.57 Å². The van der Waals surface area contributed by atoms with Gasteiger partial charge in [-0.1, -0.05) is 30.3 Å². The zero-order chi connectivity index (χ0) is 20.7. The van der Waals surface area contributed by atoms with Gasteiger partial charge >= 0.3 is 11.9 Å². The average Bonchev–Trinajstić information content (AvgIpc) is 3.04. The van der Waals surface area contributed by atoms with Crippen molar-refractivity contribution >= 4 is 40.0 Å². The van der Waals surface area contributed by atoms with Crippen LogP contribution >= 0.6 is 23.1 Å². The fourth-order valence-electron chi connectivity index (χ4n) is 2.59. The monoisotopic (exact) mass is 416 g/mol. The maximum Gasteiger partial charge on any atom is 0.351 e. The van der Waals surface area contributed by atoms with E-state index < -0.39 is 11.9 Å². The molecule has 2 rings (SSSR count). The van der Waals surface area contributed by atoms with E-state index in [1.54, 1.807) is 13.2 Å². The smallest absolute Gasteiger partial charge is 0.351 e. The molecule has 0 radical (unpaired) electrons. The highest BCUT2D eigenvalue weighted by atomic mass is 32.2. The zero-order valence-electron chi connectivity index (χ0n) is 16.0. The molecule has 0 bridgehead atoms. The Morgan fingerprint density at radius 2 is 1.96 bits per heavy atom. The van der Waals surface area contributed by atoms with E-state index in [4.69, 9.17) is 4.74 Å². The predicted octanol–water partition coefficient (Wildman–Crippen LogP) is 4.58. The quantitative estimate of drug-likeness (QED) is 0.401. The zero-order valence-corrected chi connectivity index (χ0v) is 17.6. The Hall–Kier alpha value is -2.76. The fraction of sp³-hybridized carbons (Fsp3) is 0.250. The summed E-state index contributed by atoms with van der Waals surface area (Å²) in [7, 11) is 1.21. The predicted molar refractivity (Wildman–Crippen MR) is 112 cm³/mol. The molecule has 1 N–H and O–H groups in total. The van der Waals surface area contributed by atoms with Gasteiger partial charge in [-0.15, -0.1) is 23.1 Å². The van der Waals surface area contributed by atoms with Crippen molar-refractivity contribution in [3.63, 3.8) is 0 Å². The van der Waals surface area contributed by atoms with Crippen LogP contribution in [0, 0.1) is 18.3 Å². The molecule has 0 saturated heterocycles. The summed E-state index contributed by atoms with van der Waals surface area (Å²) in [5.41, 5.74) is 1.88. The van der Waals surface area contributed by atoms with Gasteiger partial charge in [0.05, 0.1) is 18.7 Å². The minimum atomic E-state index is -0.742. The first-order valence-electron chi connectivity index (χ1n) is 8.38. The number of ether oxygens (including phenoxy) is 2. The Balaban J connectivity index is 2.65. The number of carbonyl (C=O) groups is 2. The van der Waals surface area contributed by atoms with Crippen molar-refractivity contribution in [1.82, 2.24) is 0 Å². The van der Waals surface area contributed by atoms with Gasteiger partial charge in [0.2, 0.25) is 0 Å². The van der Waals surface area contributed by atoms with Gasteiger partial charge in [0, 0.05) is 10.4 Å². The van der Waals surface area contributed by atoms with Crippen LogP contribution in [0.2, 0.25) is 0 Å². The third-order valence-corrected chi connectivity index (χ3v) is 5.52. The minimum absolute atomic E-state index is 0.155. The van der Waals surface area contributed by atoms with E-state index in [9.17, 15) is 14.9 Å². The summed E-state index contributed by atoms with van der Waals surface area (Å²) in [5, 5.41) is 13.2. The van der Waals surface area contributed by atoms with Gasteiger partial charge in [-0.2, -0.15) is 5.26 Å². The number of anilines is 1. The molecule has 0 spiro atoms. The second-order valence-electron chi connectivity index (χ2n) is 5.46. The van der Waals surface area contributed by atoms with Crippen LogP contribution in [-0.2, 0) is 14.3 Å². The Labute approximate surface area is 172 Å². The summed E-state index contributed by atoms with van der Waals surface area (Å²) in [6.07, 6.45) is 1.73. The van der Waals surface area contributed by atoms with Crippen molar-refractivity contribution in [1.29, 1.82) is 5.26 Å². The normalized spacial score (nSPS) is 11.2. The van der Waals surface area contributed by atoms with Crippen LogP contribution < -0.4 is 5.32 Å². The van der Waals surface area contributed by atoms with E-state index in [1.807, 2.05) is 43.3 Å². The molecule has 0 aliphatic rings. The first-order chi connectivity index (χ1) is 13.5. The number of thioether (sulfide) groups is 1. The maximum absolute atomic E-state index is 12.7. The lowest BCUT2D eigenvalue weighted by Gasteiger charge is -2.12. The van der Waals surface area contributed by atoms with E-state index in [2.05, 4.69) is 10.1 Å². The van der Waals surface area contributed by atoms with Crippen molar-refractivity contribution in [3.05, 3.63) is 51.4 Å². The molecule has 0 unspecified atom stereocenters. The lowest BCUT2D eigenvalue weighted by atomic mass is 10.0. The number of hydrogen-bond donors (Lipinski definition) is 1. The highest BCUT2D eigenvalue weighted by Crippen LogP contribution is 2.41. The van der Waals surface area contributed by atoms with E-state index in [0.717, 1.165) is 16.0 Å². The molecule has 1 heterocycles. The standard InChI is InChI=1S/C20H20N2O4S2/c1-5-26-20(24)16-15(13-9-7-6-8-10-13)12(2)28-18(16)22-17(27-4)14(11-21)19(23)25-3/h6-10,22H,5H2,1-4H3/b17-14+. The number of carbonyl (C=O) groups excluding carboxylic acids is 2. The van der Waals surface area contributed by atoms with Crippen LogP contribution in [0.5, 0.6) is 0 Å². The van der Waals surface area contributed by atoms with Crippen LogP contribution in [0.3, 0.4) is 0 Å². The second kappa shape index (κ2) is 9.97. The molecule has 0 fully saturated rings. The third-order valence-electron chi connectivity index (χ3n) is 3.79. The number of aryl methyl sites for hydroxylation is 1. The van der Waals surface area contributed by atoms with E-state index >= 15 is 0 Å². The Bertz CT molecular complexity index is 943. The molecular formula is C20H20N2O4S2. The van der Waals surface area contributed by atoms with Crippen LogP contribution in [0.15, 0.2) is 40.9 Å². The highest BCUT2D eigenvalue weighted by molar-refractivity contribution is 8.02. The minimum Gasteiger partial charge on any atom is -0.465 e. The molecule has 28 heavy (non-hydrogen) atoms. The number of esters is 2. The van der Waals surface area contributed by atoms with Crippen molar-refractivity contribution < 1.29 is 19.1 Å². The van der Waals surface area contributed by atoms with Crippen molar-refractivity contribution in [2.24, 2.45) is 0 Å². The number of nitrogens with one attached hydrogen (secondary N) is 1. The van der Waals surface area contributed by atoms with E-state index in [-0.39, 0.29) is 12.2 Å². The summed E-state index contributed by atoms with van der Waals surface area (Å²) in [4.78, 5) is 25.6. The van der Waals surface area contributed by atoms with Crippen LogP contribution in [-0.4, -0.2) is 31.9 Å². The largest absolute Gasteiger partial charge is 0.465 e. The molecule has 2 aromatic rings. The Morgan fingerprint density at radius 1 is 1.29 bits per heavy atom. The molecule has 1 aromatic heterocycles. The lowest BCUT2D eigenvalue weighted by Crippen LogP contribution is -2.12. The van der Waals surface area contributed by atoms with E-state index in [0.29, 0.717) is 15.6 Å². The van der Waals surface area contributed by atoms with Crippen LogP contribution in [0.4, 0.5) is 5.00 Å². The van der Waals surface area contributed by atoms with Gasteiger partial charge in [0.1, 0.15) is 16.6 Å². The first kappa shape index (κ1) is 21.5. The molecule has 0 aliphatic heterocycles.